The summed E-state index contributed by atoms with van der Waals surface area (Å²) in [6.45, 7) is 0.977. The molecule has 1 aromatic carbocycles. The van der Waals surface area contributed by atoms with Crippen molar-refractivity contribution >= 4 is 6.03 Å². The van der Waals surface area contributed by atoms with Crippen LogP contribution in [-0.2, 0) is 13.1 Å². The quantitative estimate of drug-likeness (QED) is 0.819. The first-order valence-corrected chi connectivity index (χ1v) is 6.46. The van der Waals surface area contributed by atoms with Crippen LogP contribution in [0.3, 0.4) is 0 Å². The molecule has 0 saturated carbocycles. The van der Waals surface area contributed by atoms with Crippen molar-refractivity contribution in [3.8, 4) is 0 Å². The first-order chi connectivity index (χ1) is 9.43. The lowest BCUT2D eigenvalue weighted by molar-refractivity contribution is 0.190. The van der Waals surface area contributed by atoms with Crippen LogP contribution in [0.2, 0.25) is 0 Å². The Hall–Kier alpha value is -1.66. The maximum absolute atomic E-state index is 13.8. The first-order valence-electron chi connectivity index (χ1n) is 6.46. The van der Waals surface area contributed by atoms with Gasteiger partial charge in [-0.3, -0.25) is 0 Å². The van der Waals surface area contributed by atoms with Gasteiger partial charge >= 0.3 is 6.03 Å². The fraction of sp³-hybridized carbons (Fsp3) is 0.500. The van der Waals surface area contributed by atoms with Gasteiger partial charge in [0.1, 0.15) is 5.82 Å². The topological polar surface area (TPSA) is 55.8 Å². The van der Waals surface area contributed by atoms with Crippen molar-refractivity contribution in [1.82, 2.24) is 15.1 Å². The molecule has 0 unspecified atom stereocenters. The van der Waals surface area contributed by atoms with Crippen molar-refractivity contribution in [2.24, 2.45) is 0 Å². The number of carbonyl (C=O) groups excluding carboxylic acids is 1. The Morgan fingerprint density at radius 3 is 2.60 bits per heavy atom. The van der Waals surface area contributed by atoms with Gasteiger partial charge in [0.05, 0.1) is 6.61 Å². The molecule has 1 aromatic rings. The molecule has 0 radical (unpaired) electrons. The number of aliphatic hydroxyl groups is 1. The van der Waals surface area contributed by atoms with Crippen LogP contribution in [0.15, 0.2) is 18.2 Å². The second-order valence-corrected chi connectivity index (χ2v) is 4.97. The number of nitrogens with one attached hydrogen (secondary N) is 1. The number of amides is 2. The Morgan fingerprint density at radius 1 is 1.35 bits per heavy atom. The molecule has 6 heteroatoms. The summed E-state index contributed by atoms with van der Waals surface area (Å²) in [5, 5.41) is 11.4. The molecule has 0 aromatic heterocycles. The molecule has 0 atom stereocenters. The first kappa shape index (κ1) is 16.4. The fourth-order valence-electron chi connectivity index (χ4n) is 1.73. The molecule has 0 spiro atoms. The van der Waals surface area contributed by atoms with Gasteiger partial charge in [-0.15, -0.1) is 0 Å². The maximum atomic E-state index is 13.8. The summed E-state index contributed by atoms with van der Waals surface area (Å²) in [6.07, 6.45) is 0. The predicted octanol–water partition coefficient (Wildman–Crippen LogP) is 1.02. The van der Waals surface area contributed by atoms with Gasteiger partial charge in [-0.05, 0) is 25.7 Å². The molecule has 2 amide bonds. The Labute approximate surface area is 119 Å². The standard InChI is InChI=1S/C14H22FN3O2/c1-17(2)10-12-5-4-11(8-13(12)15)9-16-14(20)18(3)6-7-19/h4-5,8,19H,6-7,9-10H2,1-3H3,(H,16,20). The lowest BCUT2D eigenvalue weighted by Gasteiger charge is -2.17. The highest BCUT2D eigenvalue weighted by Crippen LogP contribution is 2.12. The van der Waals surface area contributed by atoms with Gasteiger partial charge in [-0.2, -0.15) is 0 Å². The summed E-state index contributed by atoms with van der Waals surface area (Å²) in [5.74, 6) is -0.269. The van der Waals surface area contributed by atoms with E-state index in [1.54, 1.807) is 19.2 Å². The van der Waals surface area contributed by atoms with Crippen molar-refractivity contribution in [2.75, 3.05) is 34.3 Å². The summed E-state index contributed by atoms with van der Waals surface area (Å²) < 4.78 is 13.8. The van der Waals surface area contributed by atoms with Gasteiger partial charge in [-0.1, -0.05) is 12.1 Å². The third kappa shape index (κ3) is 5.14. The minimum atomic E-state index is -0.295. The molecule has 2 N–H and O–H groups in total. The molecule has 112 valence electrons. The molecule has 1 rings (SSSR count). The zero-order valence-electron chi connectivity index (χ0n) is 12.2. The van der Waals surface area contributed by atoms with E-state index in [4.69, 9.17) is 5.11 Å². The van der Waals surface area contributed by atoms with Crippen LogP contribution < -0.4 is 5.32 Å². The monoisotopic (exact) mass is 283 g/mol. The summed E-state index contributed by atoms with van der Waals surface area (Å²) in [7, 11) is 5.35. The Morgan fingerprint density at radius 2 is 2.05 bits per heavy atom. The zero-order valence-corrected chi connectivity index (χ0v) is 12.2. The van der Waals surface area contributed by atoms with E-state index in [1.807, 2.05) is 19.0 Å². The van der Waals surface area contributed by atoms with Gasteiger partial charge in [0.15, 0.2) is 0 Å². The lowest BCUT2D eigenvalue weighted by Crippen LogP contribution is -2.38. The molecule has 5 nitrogen and oxygen atoms in total. The van der Waals surface area contributed by atoms with E-state index >= 15 is 0 Å². The van der Waals surface area contributed by atoms with Crippen molar-refractivity contribution in [3.05, 3.63) is 35.1 Å². The molecule has 0 heterocycles. The molecular weight excluding hydrogens is 261 g/mol. The third-order valence-corrected chi connectivity index (χ3v) is 2.83. The van der Waals surface area contributed by atoms with E-state index in [0.717, 1.165) is 0 Å². The number of nitrogens with zero attached hydrogens (tertiary/aromatic N) is 2. The highest BCUT2D eigenvalue weighted by molar-refractivity contribution is 5.73. The lowest BCUT2D eigenvalue weighted by atomic mass is 10.1. The van der Waals surface area contributed by atoms with Gasteiger partial charge in [0.2, 0.25) is 0 Å². The van der Waals surface area contributed by atoms with E-state index < -0.39 is 0 Å². The van der Waals surface area contributed by atoms with Crippen LogP contribution in [0.25, 0.3) is 0 Å². The SMILES string of the molecule is CN(C)Cc1ccc(CNC(=O)N(C)CCO)cc1F. The summed E-state index contributed by atoms with van der Waals surface area (Å²) in [5.41, 5.74) is 1.33. The van der Waals surface area contributed by atoms with Gasteiger partial charge in [-0.25, -0.2) is 9.18 Å². The third-order valence-electron chi connectivity index (χ3n) is 2.83. The number of likely N-dealkylation sites (N-methyl/N-ethyl adjacent to an activating group) is 1. The number of rotatable bonds is 6. The van der Waals surface area contributed by atoms with Crippen LogP contribution in [0.1, 0.15) is 11.1 Å². The molecule has 0 aliphatic heterocycles. The number of hydrogen-bond acceptors (Lipinski definition) is 3. The van der Waals surface area contributed by atoms with Gasteiger partial charge < -0.3 is 20.2 Å². The average molecular weight is 283 g/mol. The molecule has 0 aliphatic rings. The number of aliphatic hydroxyl groups excluding tert-OH is 1. The molecule has 0 saturated heterocycles. The molecule has 0 bridgehead atoms. The Bertz CT molecular complexity index is 452. The Balaban J connectivity index is 2.57. The smallest absolute Gasteiger partial charge is 0.317 e. The second kappa shape index (κ2) is 7.81. The maximum Gasteiger partial charge on any atom is 0.317 e. The average Bonchev–Trinajstić information content (AvgIpc) is 2.38. The highest BCUT2D eigenvalue weighted by atomic mass is 19.1. The summed E-state index contributed by atoms with van der Waals surface area (Å²) in [6, 6.07) is 4.67. The predicted molar refractivity (Wildman–Crippen MR) is 75.7 cm³/mol. The zero-order chi connectivity index (χ0) is 15.1. The van der Waals surface area contributed by atoms with Crippen molar-refractivity contribution in [3.63, 3.8) is 0 Å². The highest BCUT2D eigenvalue weighted by Gasteiger charge is 2.08. The largest absolute Gasteiger partial charge is 0.395 e. The van der Waals surface area contributed by atoms with Crippen LogP contribution in [0.5, 0.6) is 0 Å². The van der Waals surface area contributed by atoms with Crippen LogP contribution in [0.4, 0.5) is 9.18 Å². The summed E-state index contributed by atoms with van der Waals surface area (Å²) >= 11 is 0. The van der Waals surface area contributed by atoms with Crippen LogP contribution in [0, 0.1) is 5.82 Å². The van der Waals surface area contributed by atoms with Crippen molar-refractivity contribution in [1.29, 1.82) is 0 Å². The van der Waals surface area contributed by atoms with Crippen LogP contribution in [-0.4, -0.2) is 55.2 Å². The number of urea groups is 1. The number of halogens is 1. The van der Waals surface area contributed by atoms with Crippen molar-refractivity contribution < 1.29 is 14.3 Å². The normalized spacial score (nSPS) is 10.7. The van der Waals surface area contributed by atoms with Gasteiger partial charge in [0, 0.05) is 32.2 Å². The van der Waals surface area contributed by atoms with E-state index in [2.05, 4.69) is 5.32 Å². The van der Waals surface area contributed by atoms with E-state index in [1.165, 1.54) is 11.0 Å². The second-order valence-electron chi connectivity index (χ2n) is 4.97. The number of benzene rings is 1. The number of carbonyl (C=O) groups is 1. The van der Waals surface area contributed by atoms with Crippen molar-refractivity contribution in [2.45, 2.75) is 13.1 Å². The molecule has 0 aliphatic carbocycles. The van der Waals surface area contributed by atoms with Gasteiger partial charge in [0.25, 0.3) is 0 Å². The van der Waals surface area contributed by atoms with Crippen LogP contribution >= 0.6 is 0 Å². The fourth-order valence-corrected chi connectivity index (χ4v) is 1.73. The number of hydrogen-bond donors (Lipinski definition) is 2. The minimum absolute atomic E-state index is 0.0855. The summed E-state index contributed by atoms with van der Waals surface area (Å²) in [4.78, 5) is 14.9. The Kier molecular flexibility index (Phi) is 6.41. The van der Waals surface area contributed by atoms with E-state index in [9.17, 15) is 9.18 Å². The molecular formula is C14H22FN3O2. The minimum Gasteiger partial charge on any atom is -0.395 e. The molecule has 0 fully saturated rings. The van der Waals surface area contributed by atoms with E-state index in [0.29, 0.717) is 17.7 Å². The molecule has 20 heavy (non-hydrogen) atoms. The van der Waals surface area contributed by atoms with E-state index in [-0.39, 0.29) is 31.5 Å².